The van der Waals surface area contributed by atoms with E-state index in [1.54, 1.807) is 24.3 Å². The van der Waals surface area contributed by atoms with E-state index in [0.717, 1.165) is 26.7 Å². The summed E-state index contributed by atoms with van der Waals surface area (Å²) in [5.74, 6) is -1.14. The second kappa shape index (κ2) is 9.29. The summed E-state index contributed by atoms with van der Waals surface area (Å²) in [4.78, 5) is 23.8. The van der Waals surface area contributed by atoms with Crippen molar-refractivity contribution >= 4 is 27.9 Å². The Morgan fingerprint density at radius 1 is 1.14 bits per heavy atom. The number of carbonyl (C=O) groups is 2. The molecule has 0 saturated heterocycles. The van der Waals surface area contributed by atoms with E-state index in [1.165, 1.54) is 17.8 Å². The molecule has 1 heterocycles. The van der Waals surface area contributed by atoms with Crippen molar-refractivity contribution in [1.29, 1.82) is 0 Å². The quantitative estimate of drug-likeness (QED) is 0.654. The molecule has 0 aliphatic heterocycles. The van der Waals surface area contributed by atoms with E-state index in [4.69, 9.17) is 0 Å². The number of likely N-dealkylation sites (N-methyl/N-ethyl adjacent to an activating group) is 1. The van der Waals surface area contributed by atoms with E-state index in [0.29, 0.717) is 0 Å². The Hall–Kier alpha value is -2.98. The smallest absolute Gasteiger partial charge is 0.260 e. The Morgan fingerprint density at radius 3 is 2.39 bits per heavy atom. The van der Waals surface area contributed by atoms with Gasteiger partial charge in [0.05, 0.1) is 12.2 Å². The van der Waals surface area contributed by atoms with Gasteiger partial charge in [-0.25, -0.2) is 8.42 Å². The minimum absolute atomic E-state index is 0.0616. The van der Waals surface area contributed by atoms with E-state index in [2.05, 4.69) is 16.0 Å². The summed E-state index contributed by atoms with van der Waals surface area (Å²) in [7, 11) is -2.50. The highest BCUT2D eigenvalue weighted by molar-refractivity contribution is 7.92. The molecule has 2 aromatic rings. The van der Waals surface area contributed by atoms with Gasteiger partial charge in [-0.3, -0.25) is 25.1 Å². The zero-order valence-corrected chi connectivity index (χ0v) is 16.7. The van der Waals surface area contributed by atoms with Crippen LogP contribution in [0.3, 0.4) is 0 Å². The molecule has 150 valence electrons. The van der Waals surface area contributed by atoms with Gasteiger partial charge in [0.1, 0.15) is 6.54 Å². The van der Waals surface area contributed by atoms with Crippen molar-refractivity contribution in [3.8, 4) is 0 Å². The van der Waals surface area contributed by atoms with Crippen LogP contribution in [0.2, 0.25) is 0 Å². The van der Waals surface area contributed by atoms with Crippen LogP contribution in [-0.2, 0) is 26.2 Å². The molecule has 0 bridgehead atoms. The van der Waals surface area contributed by atoms with Gasteiger partial charge in [0.15, 0.2) is 0 Å². The standard InChI is InChI=1S/C18H23N5O4S/c1-14-11-15(2)23(21-14)13-18(25)20-19-17(24)12-22(3)28(26,27)10-9-16-7-5-4-6-8-16/h4-11H,12-13H2,1-3H3,(H,19,24)(H,20,25)/b10-9+. The fourth-order valence-corrected chi connectivity index (χ4v) is 3.15. The minimum atomic E-state index is -3.78. The van der Waals surface area contributed by atoms with Crippen molar-refractivity contribution in [2.75, 3.05) is 13.6 Å². The molecule has 0 spiro atoms. The number of benzene rings is 1. The highest BCUT2D eigenvalue weighted by Crippen LogP contribution is 2.06. The Balaban J connectivity index is 1.83. The molecule has 2 amide bonds. The molecule has 9 nitrogen and oxygen atoms in total. The highest BCUT2D eigenvalue weighted by atomic mass is 32.2. The summed E-state index contributed by atoms with van der Waals surface area (Å²) < 4.78 is 26.8. The predicted octanol–water partition coefficient (Wildman–Crippen LogP) is 0.580. The van der Waals surface area contributed by atoms with Crippen LogP contribution >= 0.6 is 0 Å². The molecule has 0 radical (unpaired) electrons. The molecule has 0 saturated carbocycles. The second-order valence-corrected chi connectivity index (χ2v) is 8.12. The maximum absolute atomic E-state index is 12.2. The topological polar surface area (TPSA) is 113 Å². The molecule has 28 heavy (non-hydrogen) atoms. The lowest BCUT2D eigenvalue weighted by Gasteiger charge is -2.15. The van der Waals surface area contributed by atoms with Crippen LogP contribution in [0.25, 0.3) is 6.08 Å². The summed E-state index contributed by atoms with van der Waals surface area (Å²) in [6.45, 7) is 3.12. The molecule has 1 aromatic carbocycles. The summed E-state index contributed by atoms with van der Waals surface area (Å²) in [5, 5.41) is 5.18. The van der Waals surface area contributed by atoms with Crippen LogP contribution in [0.15, 0.2) is 41.8 Å². The molecule has 0 aliphatic carbocycles. The molecule has 2 rings (SSSR count). The van der Waals surface area contributed by atoms with E-state index in [9.17, 15) is 18.0 Å². The number of amides is 2. The molecule has 0 atom stereocenters. The van der Waals surface area contributed by atoms with Gasteiger partial charge in [0, 0.05) is 18.1 Å². The monoisotopic (exact) mass is 405 g/mol. The van der Waals surface area contributed by atoms with Crippen molar-refractivity contribution in [2.45, 2.75) is 20.4 Å². The largest absolute Gasteiger partial charge is 0.272 e. The molecule has 2 N–H and O–H groups in total. The van der Waals surface area contributed by atoms with E-state index >= 15 is 0 Å². The van der Waals surface area contributed by atoms with Gasteiger partial charge >= 0.3 is 0 Å². The highest BCUT2D eigenvalue weighted by Gasteiger charge is 2.18. The lowest BCUT2D eigenvalue weighted by atomic mass is 10.2. The number of hydrogen-bond acceptors (Lipinski definition) is 5. The first-order chi connectivity index (χ1) is 13.2. The Bertz CT molecular complexity index is 967. The number of rotatable bonds is 7. The third-order valence-electron chi connectivity index (χ3n) is 3.77. The number of hydrogen-bond donors (Lipinski definition) is 2. The fourth-order valence-electron chi connectivity index (χ4n) is 2.31. The van der Waals surface area contributed by atoms with Gasteiger partial charge in [0.2, 0.25) is 10.0 Å². The van der Waals surface area contributed by atoms with E-state index in [-0.39, 0.29) is 6.54 Å². The van der Waals surface area contributed by atoms with Crippen LogP contribution in [0.4, 0.5) is 0 Å². The molecular weight excluding hydrogens is 382 g/mol. The van der Waals surface area contributed by atoms with Crippen LogP contribution < -0.4 is 10.9 Å². The van der Waals surface area contributed by atoms with Crippen LogP contribution in [0.5, 0.6) is 0 Å². The first-order valence-corrected chi connectivity index (χ1v) is 9.96. The van der Waals surface area contributed by atoms with Gasteiger partial charge in [-0.05, 0) is 31.6 Å². The number of aryl methyl sites for hydroxylation is 2. The average Bonchev–Trinajstić information content (AvgIpc) is 2.96. The summed E-state index contributed by atoms with van der Waals surface area (Å²) in [6.07, 6.45) is 1.44. The molecule has 0 fully saturated rings. The number of hydrazine groups is 1. The van der Waals surface area contributed by atoms with Crippen molar-refractivity contribution < 1.29 is 18.0 Å². The minimum Gasteiger partial charge on any atom is -0.272 e. The Kier molecular flexibility index (Phi) is 7.07. The van der Waals surface area contributed by atoms with Gasteiger partial charge in [-0.15, -0.1) is 0 Å². The Morgan fingerprint density at radius 2 is 1.79 bits per heavy atom. The summed E-state index contributed by atoms with van der Waals surface area (Å²) >= 11 is 0. The average molecular weight is 405 g/mol. The van der Waals surface area contributed by atoms with Gasteiger partial charge in [0.25, 0.3) is 11.8 Å². The lowest BCUT2D eigenvalue weighted by molar-refractivity contribution is -0.129. The van der Waals surface area contributed by atoms with E-state index in [1.807, 2.05) is 26.0 Å². The molecular formula is C18H23N5O4S. The van der Waals surface area contributed by atoms with Crippen LogP contribution in [-0.4, -0.2) is 47.9 Å². The van der Waals surface area contributed by atoms with Crippen LogP contribution in [0, 0.1) is 13.8 Å². The first kappa shape index (κ1) is 21.3. The summed E-state index contributed by atoms with van der Waals surface area (Å²) in [6, 6.07) is 10.8. The SMILES string of the molecule is Cc1cc(C)n(CC(=O)NNC(=O)CN(C)S(=O)(=O)/C=C/c2ccccc2)n1. The summed E-state index contributed by atoms with van der Waals surface area (Å²) in [5.41, 5.74) is 6.76. The number of aromatic nitrogens is 2. The Labute approximate surface area is 164 Å². The second-order valence-electron chi connectivity index (χ2n) is 6.20. The first-order valence-electron chi connectivity index (χ1n) is 8.45. The van der Waals surface area contributed by atoms with Crippen molar-refractivity contribution in [2.24, 2.45) is 0 Å². The fraction of sp³-hybridized carbons (Fsp3) is 0.278. The number of sulfonamides is 1. The van der Waals surface area contributed by atoms with Gasteiger partial charge in [-0.1, -0.05) is 30.3 Å². The third-order valence-corrected chi connectivity index (χ3v) is 5.25. The maximum Gasteiger partial charge on any atom is 0.260 e. The van der Waals surface area contributed by atoms with Crippen molar-refractivity contribution in [1.82, 2.24) is 24.9 Å². The van der Waals surface area contributed by atoms with E-state index < -0.39 is 28.4 Å². The van der Waals surface area contributed by atoms with Crippen LogP contribution in [0.1, 0.15) is 17.0 Å². The molecule has 0 aliphatic rings. The third kappa shape index (κ3) is 6.32. The van der Waals surface area contributed by atoms with Gasteiger partial charge < -0.3 is 0 Å². The molecule has 0 unspecified atom stereocenters. The number of nitrogens with one attached hydrogen (secondary N) is 2. The normalized spacial score (nSPS) is 11.7. The van der Waals surface area contributed by atoms with Crippen molar-refractivity contribution in [3.63, 3.8) is 0 Å². The maximum atomic E-state index is 12.2. The zero-order chi connectivity index (χ0) is 20.7. The molecule has 1 aromatic heterocycles. The predicted molar refractivity (Wildman–Crippen MR) is 105 cm³/mol. The zero-order valence-electron chi connectivity index (χ0n) is 15.9. The van der Waals surface area contributed by atoms with Crippen molar-refractivity contribution in [3.05, 3.63) is 58.8 Å². The number of nitrogens with zero attached hydrogens (tertiary/aromatic N) is 3. The molecule has 10 heteroatoms. The lowest BCUT2D eigenvalue weighted by Crippen LogP contribution is -2.47. The van der Waals surface area contributed by atoms with Gasteiger partial charge in [-0.2, -0.15) is 9.40 Å². The number of carbonyl (C=O) groups excluding carboxylic acids is 2.